The Bertz CT molecular complexity index is 765. The molecule has 21 heavy (non-hydrogen) atoms. The maximum absolute atomic E-state index is 11.0. The van der Waals surface area contributed by atoms with E-state index in [9.17, 15) is 4.79 Å². The Kier molecular flexibility index (Phi) is 3.48. The summed E-state index contributed by atoms with van der Waals surface area (Å²) in [6.07, 6.45) is 3.02. The number of benzene rings is 2. The number of carboxylic acids is 1. The number of nitrogens with zero attached hydrogens (tertiary/aromatic N) is 1. The van der Waals surface area contributed by atoms with Crippen LogP contribution in [0.4, 0.5) is 0 Å². The van der Waals surface area contributed by atoms with Crippen molar-refractivity contribution < 1.29 is 9.90 Å². The Labute approximate surface area is 122 Å². The van der Waals surface area contributed by atoms with E-state index in [2.05, 4.69) is 17.1 Å². The SMILES string of the molecule is O=C(O)c1cncc(-c2ccc(-c3ccccc3)cc2)c1. The molecule has 0 aliphatic carbocycles. The second-order valence-corrected chi connectivity index (χ2v) is 4.71. The van der Waals surface area contributed by atoms with E-state index >= 15 is 0 Å². The third-order valence-corrected chi connectivity index (χ3v) is 3.31. The number of rotatable bonds is 3. The number of aromatic carboxylic acids is 1. The predicted octanol–water partition coefficient (Wildman–Crippen LogP) is 4.11. The molecule has 2 aromatic carbocycles. The second kappa shape index (κ2) is 5.59. The van der Waals surface area contributed by atoms with E-state index in [0.717, 1.165) is 22.3 Å². The van der Waals surface area contributed by atoms with Crippen molar-refractivity contribution in [3.8, 4) is 22.3 Å². The van der Waals surface area contributed by atoms with Gasteiger partial charge in [-0.2, -0.15) is 0 Å². The van der Waals surface area contributed by atoms with Gasteiger partial charge in [-0.25, -0.2) is 4.79 Å². The monoisotopic (exact) mass is 275 g/mol. The van der Waals surface area contributed by atoms with Gasteiger partial charge in [-0.3, -0.25) is 4.98 Å². The summed E-state index contributed by atoms with van der Waals surface area (Å²) in [5.41, 5.74) is 4.22. The van der Waals surface area contributed by atoms with Crippen molar-refractivity contribution in [2.75, 3.05) is 0 Å². The van der Waals surface area contributed by atoms with Gasteiger partial charge in [-0.15, -0.1) is 0 Å². The highest BCUT2D eigenvalue weighted by Gasteiger charge is 2.06. The van der Waals surface area contributed by atoms with Crippen molar-refractivity contribution in [1.29, 1.82) is 0 Å². The van der Waals surface area contributed by atoms with Gasteiger partial charge in [0.15, 0.2) is 0 Å². The summed E-state index contributed by atoms with van der Waals surface area (Å²) in [4.78, 5) is 15.0. The average molecular weight is 275 g/mol. The molecule has 1 N–H and O–H groups in total. The van der Waals surface area contributed by atoms with E-state index in [1.807, 2.05) is 42.5 Å². The van der Waals surface area contributed by atoms with Crippen molar-refractivity contribution in [2.45, 2.75) is 0 Å². The van der Waals surface area contributed by atoms with Crippen molar-refractivity contribution in [3.05, 3.63) is 78.6 Å². The molecule has 0 amide bonds. The van der Waals surface area contributed by atoms with Crippen LogP contribution in [-0.2, 0) is 0 Å². The lowest BCUT2D eigenvalue weighted by Crippen LogP contribution is -1.97. The zero-order valence-corrected chi connectivity index (χ0v) is 11.2. The summed E-state index contributed by atoms with van der Waals surface area (Å²) in [6, 6.07) is 19.7. The molecule has 1 aromatic heterocycles. The molecular weight excluding hydrogens is 262 g/mol. The molecule has 3 aromatic rings. The van der Waals surface area contributed by atoms with Gasteiger partial charge in [0.2, 0.25) is 0 Å². The largest absolute Gasteiger partial charge is 0.478 e. The number of hydrogen-bond acceptors (Lipinski definition) is 2. The van der Waals surface area contributed by atoms with E-state index < -0.39 is 5.97 Å². The van der Waals surface area contributed by atoms with E-state index in [0.29, 0.717) is 0 Å². The second-order valence-electron chi connectivity index (χ2n) is 4.71. The standard InChI is InChI=1S/C18H13NO2/c20-18(21)17-10-16(11-19-12-17)15-8-6-14(7-9-15)13-4-2-1-3-5-13/h1-12H,(H,20,21). The van der Waals surface area contributed by atoms with Crippen LogP contribution in [0.2, 0.25) is 0 Å². The van der Waals surface area contributed by atoms with E-state index in [1.165, 1.54) is 6.20 Å². The van der Waals surface area contributed by atoms with Crippen LogP contribution in [0.5, 0.6) is 0 Å². The quantitative estimate of drug-likeness (QED) is 0.782. The molecule has 3 nitrogen and oxygen atoms in total. The first-order valence-corrected chi connectivity index (χ1v) is 6.58. The van der Waals surface area contributed by atoms with Gasteiger partial charge in [-0.05, 0) is 22.8 Å². The van der Waals surface area contributed by atoms with Crippen molar-refractivity contribution in [2.24, 2.45) is 0 Å². The lowest BCUT2D eigenvalue weighted by molar-refractivity contribution is 0.0696. The Morgan fingerprint density at radius 1 is 0.762 bits per heavy atom. The first kappa shape index (κ1) is 13.1. The number of carbonyl (C=O) groups is 1. The van der Waals surface area contributed by atoms with Crippen LogP contribution in [0.3, 0.4) is 0 Å². The molecule has 0 bridgehead atoms. The van der Waals surface area contributed by atoms with Gasteiger partial charge >= 0.3 is 5.97 Å². The topological polar surface area (TPSA) is 50.2 Å². The lowest BCUT2D eigenvalue weighted by atomic mass is 10.0. The first-order valence-electron chi connectivity index (χ1n) is 6.58. The van der Waals surface area contributed by atoms with Gasteiger partial charge < -0.3 is 5.11 Å². The van der Waals surface area contributed by atoms with Gasteiger partial charge in [0.25, 0.3) is 0 Å². The third kappa shape index (κ3) is 2.82. The van der Waals surface area contributed by atoms with Crippen LogP contribution in [-0.4, -0.2) is 16.1 Å². The summed E-state index contributed by atoms with van der Waals surface area (Å²) in [5.74, 6) is -0.967. The molecule has 0 saturated heterocycles. The fraction of sp³-hybridized carbons (Fsp3) is 0. The normalized spacial score (nSPS) is 10.3. The smallest absolute Gasteiger partial charge is 0.337 e. The highest BCUT2D eigenvalue weighted by atomic mass is 16.4. The van der Waals surface area contributed by atoms with Crippen LogP contribution in [0.15, 0.2) is 73.1 Å². The van der Waals surface area contributed by atoms with Gasteiger partial charge in [0.05, 0.1) is 5.56 Å². The van der Waals surface area contributed by atoms with Crippen LogP contribution in [0, 0.1) is 0 Å². The van der Waals surface area contributed by atoms with Crippen LogP contribution in [0.25, 0.3) is 22.3 Å². The first-order chi connectivity index (χ1) is 10.2. The number of pyridine rings is 1. The number of hydrogen-bond donors (Lipinski definition) is 1. The maximum Gasteiger partial charge on any atom is 0.337 e. The van der Waals surface area contributed by atoms with Gasteiger partial charge in [0.1, 0.15) is 0 Å². The van der Waals surface area contributed by atoms with Crippen molar-refractivity contribution in [3.63, 3.8) is 0 Å². The average Bonchev–Trinajstić information content (AvgIpc) is 2.56. The summed E-state index contributed by atoms with van der Waals surface area (Å²) < 4.78 is 0. The minimum absolute atomic E-state index is 0.194. The lowest BCUT2D eigenvalue weighted by Gasteiger charge is -2.05. The molecule has 3 heteroatoms. The van der Waals surface area contributed by atoms with Gasteiger partial charge in [-0.1, -0.05) is 54.6 Å². The minimum Gasteiger partial charge on any atom is -0.478 e. The Balaban J connectivity index is 1.94. The van der Waals surface area contributed by atoms with Crippen molar-refractivity contribution >= 4 is 5.97 Å². The van der Waals surface area contributed by atoms with Crippen LogP contribution < -0.4 is 0 Å². The van der Waals surface area contributed by atoms with Crippen molar-refractivity contribution in [1.82, 2.24) is 4.98 Å². The Morgan fingerprint density at radius 3 is 1.95 bits per heavy atom. The molecule has 0 saturated carbocycles. The maximum atomic E-state index is 11.0. The molecule has 0 aliphatic rings. The number of aromatic nitrogens is 1. The zero-order chi connectivity index (χ0) is 14.7. The fourth-order valence-electron chi connectivity index (χ4n) is 2.20. The Morgan fingerprint density at radius 2 is 1.33 bits per heavy atom. The zero-order valence-electron chi connectivity index (χ0n) is 11.2. The molecule has 0 atom stereocenters. The summed E-state index contributed by atoms with van der Waals surface area (Å²) >= 11 is 0. The molecule has 0 spiro atoms. The molecule has 0 radical (unpaired) electrons. The summed E-state index contributed by atoms with van der Waals surface area (Å²) in [5, 5.41) is 9.01. The number of carboxylic acid groups (broad SMARTS) is 1. The molecule has 3 rings (SSSR count). The van der Waals surface area contributed by atoms with Crippen LogP contribution in [0.1, 0.15) is 10.4 Å². The summed E-state index contributed by atoms with van der Waals surface area (Å²) in [7, 11) is 0. The molecule has 1 heterocycles. The van der Waals surface area contributed by atoms with E-state index in [-0.39, 0.29) is 5.56 Å². The van der Waals surface area contributed by atoms with E-state index in [4.69, 9.17) is 5.11 Å². The Hall–Kier alpha value is -2.94. The fourth-order valence-corrected chi connectivity index (χ4v) is 2.20. The van der Waals surface area contributed by atoms with Crippen LogP contribution >= 0.6 is 0 Å². The van der Waals surface area contributed by atoms with Gasteiger partial charge in [0, 0.05) is 18.0 Å². The molecule has 0 unspecified atom stereocenters. The highest BCUT2D eigenvalue weighted by Crippen LogP contribution is 2.24. The third-order valence-electron chi connectivity index (χ3n) is 3.31. The highest BCUT2D eigenvalue weighted by molar-refractivity contribution is 5.88. The van der Waals surface area contributed by atoms with E-state index in [1.54, 1.807) is 12.3 Å². The molecule has 0 aliphatic heterocycles. The predicted molar refractivity (Wildman–Crippen MR) is 82.1 cm³/mol. The summed E-state index contributed by atoms with van der Waals surface area (Å²) in [6.45, 7) is 0. The minimum atomic E-state index is -0.967. The molecule has 0 fully saturated rings. The molecular formula is C18H13NO2. The molecule has 102 valence electrons.